The zero-order chi connectivity index (χ0) is 12.5. The van der Waals surface area contributed by atoms with E-state index < -0.39 is 5.60 Å². The first-order chi connectivity index (χ1) is 7.25. The van der Waals surface area contributed by atoms with Gasteiger partial charge in [-0.2, -0.15) is 0 Å². The number of aliphatic hydroxyl groups is 1. The van der Waals surface area contributed by atoms with Gasteiger partial charge in [-0.25, -0.2) is 0 Å². The molecule has 0 saturated carbocycles. The van der Waals surface area contributed by atoms with Crippen molar-refractivity contribution in [2.75, 3.05) is 20.1 Å². The van der Waals surface area contributed by atoms with Crippen LogP contribution in [0.5, 0.6) is 0 Å². The predicted octanol–water partition coefficient (Wildman–Crippen LogP) is 2.62. The van der Waals surface area contributed by atoms with Crippen LogP contribution in [-0.4, -0.2) is 35.7 Å². The van der Waals surface area contributed by atoms with E-state index in [1.165, 1.54) is 6.42 Å². The van der Waals surface area contributed by atoms with Gasteiger partial charge in [0.25, 0.3) is 0 Å². The van der Waals surface area contributed by atoms with Gasteiger partial charge in [-0.1, -0.05) is 27.7 Å². The summed E-state index contributed by atoms with van der Waals surface area (Å²) in [6.07, 6.45) is 1.22. The van der Waals surface area contributed by atoms with Crippen molar-refractivity contribution in [3.8, 4) is 0 Å². The topological polar surface area (TPSA) is 23.5 Å². The Hall–Kier alpha value is -0.0800. The first-order valence-electron chi connectivity index (χ1n) is 6.66. The summed E-state index contributed by atoms with van der Waals surface area (Å²) in [6, 6.07) is 0. The summed E-state index contributed by atoms with van der Waals surface area (Å²) < 4.78 is 0. The number of hydrogen-bond donors (Lipinski definition) is 1. The Morgan fingerprint density at radius 3 is 2.19 bits per heavy atom. The SMILES string of the molecule is CC(C)C1CCN(C)CC(C)(O)C1C(C)C. The number of hydrogen-bond acceptors (Lipinski definition) is 2. The molecule has 2 heteroatoms. The average Bonchev–Trinajstić information content (AvgIpc) is 2.19. The molecule has 0 bridgehead atoms. The summed E-state index contributed by atoms with van der Waals surface area (Å²) in [7, 11) is 2.12. The molecule has 3 unspecified atom stereocenters. The smallest absolute Gasteiger partial charge is 0.0779 e. The van der Waals surface area contributed by atoms with Crippen LogP contribution in [0.2, 0.25) is 0 Å². The molecule has 1 rings (SSSR count). The standard InChI is InChI=1S/C14H29NO/c1-10(2)12-7-8-15(6)9-14(5,16)13(12)11(3)4/h10-13,16H,7-9H2,1-6H3. The minimum Gasteiger partial charge on any atom is -0.389 e. The fraction of sp³-hybridized carbons (Fsp3) is 1.00. The quantitative estimate of drug-likeness (QED) is 0.784. The van der Waals surface area contributed by atoms with E-state index >= 15 is 0 Å². The molecule has 0 amide bonds. The molecule has 0 radical (unpaired) electrons. The Kier molecular flexibility index (Phi) is 4.42. The Labute approximate surface area is 101 Å². The highest BCUT2D eigenvalue weighted by molar-refractivity contribution is 4.94. The average molecular weight is 227 g/mol. The maximum atomic E-state index is 10.7. The molecule has 16 heavy (non-hydrogen) atoms. The van der Waals surface area contributed by atoms with Gasteiger partial charge in [0.15, 0.2) is 0 Å². The van der Waals surface area contributed by atoms with Gasteiger partial charge < -0.3 is 10.0 Å². The van der Waals surface area contributed by atoms with Crippen LogP contribution in [0.1, 0.15) is 41.0 Å². The molecule has 96 valence electrons. The maximum absolute atomic E-state index is 10.7. The lowest BCUT2D eigenvalue weighted by Crippen LogP contribution is -2.47. The predicted molar refractivity (Wildman–Crippen MR) is 69.4 cm³/mol. The van der Waals surface area contributed by atoms with Crippen LogP contribution in [0.4, 0.5) is 0 Å². The van der Waals surface area contributed by atoms with Crippen LogP contribution in [-0.2, 0) is 0 Å². The molecule has 0 aromatic carbocycles. The van der Waals surface area contributed by atoms with Crippen LogP contribution >= 0.6 is 0 Å². The van der Waals surface area contributed by atoms with E-state index in [1.807, 2.05) is 6.92 Å². The molecule has 2 nitrogen and oxygen atoms in total. The van der Waals surface area contributed by atoms with Crippen molar-refractivity contribution < 1.29 is 5.11 Å². The third kappa shape index (κ3) is 2.98. The summed E-state index contributed by atoms with van der Waals surface area (Å²) in [4.78, 5) is 2.28. The summed E-state index contributed by atoms with van der Waals surface area (Å²) in [6.45, 7) is 13.0. The maximum Gasteiger partial charge on any atom is 0.0779 e. The van der Waals surface area contributed by atoms with Gasteiger partial charge in [0.1, 0.15) is 0 Å². The molecule has 1 aliphatic rings. The van der Waals surface area contributed by atoms with E-state index in [0.29, 0.717) is 23.7 Å². The van der Waals surface area contributed by atoms with E-state index in [-0.39, 0.29) is 0 Å². The van der Waals surface area contributed by atoms with Gasteiger partial charge in [-0.15, -0.1) is 0 Å². The third-order valence-electron chi connectivity index (χ3n) is 4.19. The molecular weight excluding hydrogens is 198 g/mol. The molecule has 1 fully saturated rings. The van der Waals surface area contributed by atoms with Crippen LogP contribution in [0, 0.1) is 23.7 Å². The second-order valence-corrected chi connectivity index (χ2v) is 6.56. The largest absolute Gasteiger partial charge is 0.389 e. The van der Waals surface area contributed by atoms with E-state index in [4.69, 9.17) is 0 Å². The fourth-order valence-electron chi connectivity index (χ4n) is 3.70. The van der Waals surface area contributed by atoms with Crippen molar-refractivity contribution in [1.29, 1.82) is 0 Å². The summed E-state index contributed by atoms with van der Waals surface area (Å²) in [5.41, 5.74) is -0.547. The highest BCUT2D eigenvalue weighted by Crippen LogP contribution is 2.40. The second kappa shape index (κ2) is 5.05. The van der Waals surface area contributed by atoms with Gasteiger partial charge in [0.2, 0.25) is 0 Å². The molecule has 1 saturated heterocycles. The molecule has 1 N–H and O–H groups in total. The molecule has 1 heterocycles. The van der Waals surface area contributed by atoms with Crippen LogP contribution in [0.15, 0.2) is 0 Å². The monoisotopic (exact) mass is 227 g/mol. The zero-order valence-corrected chi connectivity index (χ0v) is 11.8. The normalized spacial score (nSPS) is 38.1. The summed E-state index contributed by atoms with van der Waals surface area (Å²) in [5, 5.41) is 10.7. The van der Waals surface area contributed by atoms with Gasteiger partial charge in [-0.3, -0.25) is 0 Å². The number of β-amino-alcohol motifs (C(OH)–C–C–N with tert-alkyl or cyclic N) is 1. The van der Waals surface area contributed by atoms with E-state index in [1.54, 1.807) is 0 Å². The highest BCUT2D eigenvalue weighted by atomic mass is 16.3. The first kappa shape index (κ1) is 14.0. The van der Waals surface area contributed by atoms with Gasteiger partial charge in [-0.05, 0) is 50.6 Å². The van der Waals surface area contributed by atoms with E-state index in [9.17, 15) is 5.11 Å². The zero-order valence-electron chi connectivity index (χ0n) is 11.8. The summed E-state index contributed by atoms with van der Waals surface area (Å²) >= 11 is 0. The Balaban J connectivity index is 2.98. The third-order valence-corrected chi connectivity index (χ3v) is 4.19. The van der Waals surface area contributed by atoms with Gasteiger partial charge >= 0.3 is 0 Å². The van der Waals surface area contributed by atoms with Crippen molar-refractivity contribution in [2.24, 2.45) is 23.7 Å². The molecule has 1 aliphatic heterocycles. The molecule has 0 aromatic heterocycles. The number of likely N-dealkylation sites (N-methyl/N-ethyl adjacent to an activating group) is 1. The number of rotatable bonds is 2. The Morgan fingerprint density at radius 1 is 1.19 bits per heavy atom. The fourth-order valence-corrected chi connectivity index (χ4v) is 3.70. The lowest BCUT2D eigenvalue weighted by molar-refractivity contribution is -0.0581. The van der Waals surface area contributed by atoms with E-state index in [0.717, 1.165) is 13.1 Å². The highest BCUT2D eigenvalue weighted by Gasteiger charge is 2.43. The lowest BCUT2D eigenvalue weighted by atomic mass is 9.68. The second-order valence-electron chi connectivity index (χ2n) is 6.56. The van der Waals surface area contributed by atoms with Gasteiger partial charge in [0.05, 0.1) is 5.60 Å². The van der Waals surface area contributed by atoms with Crippen molar-refractivity contribution >= 4 is 0 Å². The molecule has 0 spiro atoms. The first-order valence-corrected chi connectivity index (χ1v) is 6.66. The van der Waals surface area contributed by atoms with Crippen molar-refractivity contribution in [3.05, 3.63) is 0 Å². The Bertz CT molecular complexity index is 223. The molecule has 0 aliphatic carbocycles. The minimum atomic E-state index is -0.547. The van der Waals surface area contributed by atoms with Crippen LogP contribution < -0.4 is 0 Å². The number of likely N-dealkylation sites (tertiary alicyclic amines) is 1. The van der Waals surface area contributed by atoms with Crippen molar-refractivity contribution in [1.82, 2.24) is 4.90 Å². The van der Waals surface area contributed by atoms with Crippen molar-refractivity contribution in [3.63, 3.8) is 0 Å². The summed E-state index contributed by atoms with van der Waals surface area (Å²) in [5.74, 6) is 2.26. The van der Waals surface area contributed by atoms with E-state index in [2.05, 4.69) is 39.6 Å². The van der Waals surface area contributed by atoms with Crippen LogP contribution in [0.25, 0.3) is 0 Å². The molecule has 3 atom stereocenters. The van der Waals surface area contributed by atoms with Gasteiger partial charge in [0, 0.05) is 6.54 Å². The Morgan fingerprint density at radius 2 is 1.75 bits per heavy atom. The minimum absolute atomic E-state index is 0.414. The number of nitrogens with zero attached hydrogens (tertiary/aromatic N) is 1. The molecular formula is C14H29NO. The van der Waals surface area contributed by atoms with Crippen molar-refractivity contribution in [2.45, 2.75) is 46.6 Å². The lowest BCUT2D eigenvalue weighted by Gasteiger charge is -2.41. The molecule has 0 aromatic rings. The van der Waals surface area contributed by atoms with Crippen LogP contribution in [0.3, 0.4) is 0 Å².